The molecule has 0 bridgehead atoms. The molecule has 2 aromatic carbocycles. The lowest BCUT2D eigenvalue weighted by Crippen LogP contribution is -2.18. The summed E-state index contributed by atoms with van der Waals surface area (Å²) in [6, 6.07) is 13.5. The molecule has 1 N–H and O–H groups in total. The number of nitrogens with zero attached hydrogens (tertiary/aromatic N) is 2. The zero-order valence-electron chi connectivity index (χ0n) is 13.5. The molecule has 3 aromatic rings. The molecule has 26 heavy (non-hydrogen) atoms. The molecule has 0 saturated carbocycles. The average Bonchev–Trinajstić information content (AvgIpc) is 2.94. The van der Waals surface area contributed by atoms with Gasteiger partial charge in [0.05, 0.1) is 11.5 Å². The van der Waals surface area contributed by atoms with Crippen molar-refractivity contribution >= 4 is 38.7 Å². The Balaban J connectivity index is 1.76. The van der Waals surface area contributed by atoms with Crippen molar-refractivity contribution in [2.45, 2.75) is 13.0 Å². The highest BCUT2D eigenvalue weighted by Gasteiger charge is 2.11. The maximum absolute atomic E-state index is 12.4. The van der Waals surface area contributed by atoms with E-state index in [1.54, 1.807) is 41.1 Å². The summed E-state index contributed by atoms with van der Waals surface area (Å²) in [6.45, 7) is 0.0892. The number of hydrogen-bond acceptors (Lipinski definition) is 5. The van der Waals surface area contributed by atoms with E-state index in [1.165, 1.54) is 23.5 Å². The first-order chi connectivity index (χ1) is 12.4. The number of nitrogens with one attached hydrogen (secondary N) is 1. The van der Waals surface area contributed by atoms with Gasteiger partial charge in [-0.25, -0.2) is 0 Å². The number of rotatable bonds is 6. The lowest BCUT2D eigenvalue weighted by atomic mass is 10.1. The number of aromatic nitrogens is 1. The fraction of sp³-hybridized carbons (Fsp3) is 0.111. The summed E-state index contributed by atoms with van der Waals surface area (Å²) in [7, 11) is 0. The lowest BCUT2D eigenvalue weighted by Gasteiger charge is -2.03. The van der Waals surface area contributed by atoms with Crippen LogP contribution in [0.25, 0.3) is 0 Å². The molecule has 0 saturated heterocycles. The summed E-state index contributed by atoms with van der Waals surface area (Å²) in [4.78, 5) is 24.0. The molecule has 0 spiro atoms. The first kappa shape index (κ1) is 18.2. The van der Waals surface area contributed by atoms with Gasteiger partial charge in [0.1, 0.15) is 0 Å². The molecule has 0 amide bonds. The van der Waals surface area contributed by atoms with Crippen LogP contribution in [0.1, 0.15) is 20.8 Å². The number of halogens is 1. The smallest absolute Gasteiger partial charge is 0.269 e. The minimum absolute atomic E-state index is 0.0449. The Morgan fingerprint density at radius 3 is 2.65 bits per heavy atom. The average molecular weight is 432 g/mol. The van der Waals surface area contributed by atoms with Gasteiger partial charge >= 0.3 is 0 Å². The molecule has 0 unspecified atom stereocenters. The van der Waals surface area contributed by atoms with Crippen LogP contribution in [-0.2, 0) is 13.0 Å². The maximum atomic E-state index is 12.4. The van der Waals surface area contributed by atoms with E-state index in [0.717, 1.165) is 14.9 Å². The van der Waals surface area contributed by atoms with Gasteiger partial charge in [0.15, 0.2) is 10.6 Å². The van der Waals surface area contributed by atoms with Gasteiger partial charge in [-0.15, -0.1) is 11.3 Å². The van der Waals surface area contributed by atoms with Crippen molar-refractivity contribution < 1.29 is 9.72 Å². The van der Waals surface area contributed by atoms with E-state index < -0.39 is 4.92 Å². The van der Waals surface area contributed by atoms with Crippen molar-refractivity contribution in [3.05, 3.63) is 90.1 Å². The highest BCUT2D eigenvalue weighted by atomic mass is 79.9. The molecule has 6 nitrogen and oxygen atoms in total. The van der Waals surface area contributed by atoms with Gasteiger partial charge in [0.25, 0.3) is 5.69 Å². The Labute approximate surface area is 161 Å². The second-order valence-electron chi connectivity index (χ2n) is 5.66. The Morgan fingerprint density at radius 2 is 1.96 bits per heavy atom. The van der Waals surface area contributed by atoms with Crippen LogP contribution in [0.4, 0.5) is 5.69 Å². The van der Waals surface area contributed by atoms with Crippen LogP contribution in [0.15, 0.2) is 59.2 Å². The van der Waals surface area contributed by atoms with Crippen LogP contribution in [0.3, 0.4) is 0 Å². The third-order valence-corrected chi connectivity index (χ3v) is 5.24. The largest absolute Gasteiger partial charge is 0.316 e. The Kier molecular flexibility index (Phi) is 5.43. The van der Waals surface area contributed by atoms with E-state index in [-0.39, 0.29) is 22.8 Å². The van der Waals surface area contributed by atoms with Crippen molar-refractivity contribution in [2.24, 2.45) is 0 Å². The molecule has 0 fully saturated rings. The van der Waals surface area contributed by atoms with E-state index in [1.807, 2.05) is 6.07 Å². The number of hydrogen-bond donors (Lipinski definition) is 1. The summed E-state index contributed by atoms with van der Waals surface area (Å²) in [5, 5.41) is 18.9. The Morgan fingerprint density at radius 1 is 1.23 bits per heavy atom. The predicted molar refractivity (Wildman–Crippen MR) is 103 cm³/mol. The maximum Gasteiger partial charge on any atom is 0.269 e. The fourth-order valence-electron chi connectivity index (χ4n) is 2.50. The van der Waals surface area contributed by atoms with Crippen molar-refractivity contribution in [3.8, 4) is 0 Å². The van der Waals surface area contributed by atoms with Crippen LogP contribution in [0, 0.1) is 15.5 Å². The zero-order chi connectivity index (χ0) is 18.7. The number of benzene rings is 2. The van der Waals surface area contributed by atoms with Gasteiger partial charge in [-0.1, -0.05) is 40.2 Å². The van der Waals surface area contributed by atoms with Gasteiger partial charge in [-0.05, 0) is 17.7 Å². The number of carbonyl (C=O) groups excluding carboxylic acids is 1. The molecule has 1 aromatic heterocycles. The number of nitro groups is 1. The minimum Gasteiger partial charge on any atom is -0.316 e. The first-order valence-electron chi connectivity index (χ1n) is 7.68. The number of carbonyl (C=O) groups is 1. The molecule has 0 aliphatic heterocycles. The van der Waals surface area contributed by atoms with Crippen LogP contribution in [-0.4, -0.2) is 15.3 Å². The Bertz CT molecular complexity index is 1020. The molecule has 8 heteroatoms. The molecule has 0 radical (unpaired) electrons. The quantitative estimate of drug-likeness (QED) is 0.360. The predicted octanol–water partition coefficient (Wildman–Crippen LogP) is 4.17. The SMILES string of the molecule is N=c1sc(Cc2cccc([N+](=O)[O-])c2)cn1CC(=O)c1ccc(Br)cc1. The van der Waals surface area contributed by atoms with Gasteiger partial charge in [-0.3, -0.25) is 20.3 Å². The van der Waals surface area contributed by atoms with Gasteiger partial charge < -0.3 is 4.57 Å². The molecular formula is C18H14BrN3O3S. The molecule has 132 valence electrons. The normalized spacial score (nSPS) is 10.7. The summed E-state index contributed by atoms with van der Waals surface area (Å²) in [5.41, 5.74) is 1.43. The van der Waals surface area contributed by atoms with E-state index in [0.29, 0.717) is 12.0 Å². The van der Waals surface area contributed by atoms with Crippen LogP contribution < -0.4 is 4.80 Å². The van der Waals surface area contributed by atoms with E-state index in [4.69, 9.17) is 5.41 Å². The third-order valence-electron chi connectivity index (χ3n) is 3.77. The van der Waals surface area contributed by atoms with Crippen molar-refractivity contribution in [1.82, 2.24) is 4.57 Å². The van der Waals surface area contributed by atoms with Gasteiger partial charge in [0.2, 0.25) is 0 Å². The second-order valence-corrected chi connectivity index (χ2v) is 7.70. The summed E-state index contributed by atoms with van der Waals surface area (Å²) in [5.74, 6) is -0.0734. The van der Waals surface area contributed by atoms with Gasteiger partial charge in [0, 0.05) is 39.7 Å². The number of non-ortho nitro benzene ring substituents is 1. The lowest BCUT2D eigenvalue weighted by molar-refractivity contribution is -0.384. The van der Waals surface area contributed by atoms with Crippen LogP contribution in [0.5, 0.6) is 0 Å². The summed E-state index contributed by atoms with van der Waals surface area (Å²) < 4.78 is 2.50. The van der Waals surface area contributed by atoms with Crippen molar-refractivity contribution in [2.75, 3.05) is 0 Å². The van der Waals surface area contributed by atoms with Crippen molar-refractivity contribution in [1.29, 1.82) is 5.41 Å². The summed E-state index contributed by atoms with van der Waals surface area (Å²) in [6.07, 6.45) is 2.25. The molecule has 0 aliphatic carbocycles. The standard InChI is InChI=1S/C18H14BrN3O3S/c19-14-6-4-13(5-7-14)17(23)11-21-10-16(26-18(21)20)9-12-2-1-3-15(8-12)22(24)25/h1-8,10,20H,9,11H2. The van der Waals surface area contributed by atoms with Crippen LogP contribution >= 0.6 is 27.3 Å². The molecular weight excluding hydrogens is 418 g/mol. The number of Topliss-reactive ketones (excluding diaryl/α,β-unsaturated/α-hetero) is 1. The van der Waals surface area contributed by atoms with Gasteiger partial charge in [-0.2, -0.15) is 0 Å². The minimum atomic E-state index is -0.426. The Hall–Kier alpha value is -2.58. The monoisotopic (exact) mass is 431 g/mol. The number of nitro benzene ring substituents is 1. The first-order valence-corrected chi connectivity index (χ1v) is 9.29. The highest BCUT2D eigenvalue weighted by Crippen LogP contribution is 2.18. The van der Waals surface area contributed by atoms with Crippen molar-refractivity contribution in [3.63, 3.8) is 0 Å². The third kappa shape index (κ3) is 4.33. The fourth-order valence-corrected chi connectivity index (χ4v) is 3.67. The molecule has 3 rings (SSSR count). The van der Waals surface area contributed by atoms with E-state index in [9.17, 15) is 14.9 Å². The highest BCUT2D eigenvalue weighted by molar-refractivity contribution is 9.10. The zero-order valence-corrected chi connectivity index (χ0v) is 15.9. The molecule has 1 heterocycles. The number of ketones is 1. The number of thiazole rings is 1. The molecule has 0 atom stereocenters. The van der Waals surface area contributed by atoms with E-state index >= 15 is 0 Å². The second kappa shape index (κ2) is 7.76. The summed E-state index contributed by atoms with van der Waals surface area (Å²) >= 11 is 4.60. The van der Waals surface area contributed by atoms with E-state index in [2.05, 4.69) is 15.9 Å². The topological polar surface area (TPSA) is 89.0 Å². The van der Waals surface area contributed by atoms with Crippen LogP contribution in [0.2, 0.25) is 0 Å². The molecule has 0 aliphatic rings.